The molecule has 8 nitrogen and oxygen atoms in total. The largest absolute Gasteiger partial charge is 0.477 e. The molecule has 0 radical (unpaired) electrons. The molecule has 0 aliphatic rings. The number of aromatic amines is 1. The molecule has 0 amide bonds. The molecule has 2 heterocycles. The lowest BCUT2D eigenvalue weighted by molar-refractivity contribution is -0.384. The van der Waals surface area contributed by atoms with E-state index in [1.165, 1.54) is 18.2 Å². The van der Waals surface area contributed by atoms with E-state index in [-0.39, 0.29) is 11.4 Å². The number of carboxylic acids is 1. The minimum atomic E-state index is -1.08. The Morgan fingerprint density at radius 2 is 2.14 bits per heavy atom. The molecule has 2 N–H and O–H groups in total. The van der Waals surface area contributed by atoms with Crippen LogP contribution in [-0.4, -0.2) is 30.8 Å². The number of aromatic nitrogens is 3. The summed E-state index contributed by atoms with van der Waals surface area (Å²) in [5, 5.41) is 24.7. The first-order valence-electron chi connectivity index (χ1n) is 6.01. The van der Waals surface area contributed by atoms with Gasteiger partial charge in [0.15, 0.2) is 0 Å². The molecule has 106 valence electrons. The van der Waals surface area contributed by atoms with Crippen LogP contribution in [0.4, 0.5) is 5.69 Å². The highest BCUT2D eigenvalue weighted by Gasteiger charge is 2.17. The molecule has 0 spiro atoms. The monoisotopic (exact) mass is 286 g/mol. The Bertz CT molecular complexity index is 878. The molecule has 0 bridgehead atoms. The van der Waals surface area contributed by atoms with Crippen molar-refractivity contribution in [2.24, 2.45) is 7.05 Å². The van der Waals surface area contributed by atoms with Crippen LogP contribution in [0.5, 0.6) is 0 Å². The second-order valence-electron chi connectivity index (χ2n) is 4.52. The number of nitro groups is 1. The van der Waals surface area contributed by atoms with Gasteiger partial charge in [-0.25, -0.2) is 4.79 Å². The molecule has 2 aromatic heterocycles. The van der Waals surface area contributed by atoms with E-state index < -0.39 is 10.9 Å². The fourth-order valence-corrected chi connectivity index (χ4v) is 2.22. The Balaban J connectivity index is 2.23. The van der Waals surface area contributed by atoms with Gasteiger partial charge in [0.2, 0.25) is 0 Å². The number of aromatic carboxylic acids is 1. The van der Waals surface area contributed by atoms with Gasteiger partial charge < -0.3 is 10.1 Å². The fraction of sp³-hybridized carbons (Fsp3) is 0.0769. The van der Waals surface area contributed by atoms with Crippen molar-refractivity contribution in [3.8, 4) is 11.4 Å². The van der Waals surface area contributed by atoms with E-state index in [2.05, 4.69) is 10.1 Å². The van der Waals surface area contributed by atoms with Crippen molar-refractivity contribution in [1.82, 2.24) is 14.8 Å². The second kappa shape index (κ2) is 4.44. The predicted molar refractivity (Wildman–Crippen MR) is 74.1 cm³/mol. The molecule has 8 heteroatoms. The number of benzene rings is 1. The topological polar surface area (TPSA) is 114 Å². The van der Waals surface area contributed by atoms with Crippen molar-refractivity contribution in [3.05, 3.63) is 46.1 Å². The summed E-state index contributed by atoms with van der Waals surface area (Å²) in [5.74, 6) is -1.08. The first kappa shape index (κ1) is 12.9. The Kier molecular flexibility index (Phi) is 2.72. The summed E-state index contributed by atoms with van der Waals surface area (Å²) in [7, 11) is 1.72. The van der Waals surface area contributed by atoms with Crippen LogP contribution in [0.3, 0.4) is 0 Å². The van der Waals surface area contributed by atoms with Crippen LogP contribution < -0.4 is 0 Å². The van der Waals surface area contributed by atoms with Crippen LogP contribution in [0.15, 0.2) is 30.3 Å². The van der Waals surface area contributed by atoms with E-state index in [1.54, 1.807) is 23.9 Å². The first-order chi connectivity index (χ1) is 9.97. The van der Waals surface area contributed by atoms with E-state index in [9.17, 15) is 14.9 Å². The SMILES string of the molecule is Cn1nc(-c2ccc(C(=O)O)[nH]2)c2cc([N+](=O)[O-])ccc21. The maximum absolute atomic E-state index is 10.9. The van der Waals surface area contributed by atoms with E-state index in [1.807, 2.05) is 0 Å². The molecule has 0 fully saturated rings. The van der Waals surface area contributed by atoms with Crippen LogP contribution in [0, 0.1) is 10.1 Å². The molecular formula is C13H10N4O4. The molecule has 0 aliphatic carbocycles. The summed E-state index contributed by atoms with van der Waals surface area (Å²) in [4.78, 5) is 24.1. The molecule has 3 rings (SSSR count). The maximum atomic E-state index is 10.9. The fourth-order valence-electron chi connectivity index (χ4n) is 2.22. The Morgan fingerprint density at radius 3 is 2.76 bits per heavy atom. The average Bonchev–Trinajstić information content (AvgIpc) is 3.03. The summed E-state index contributed by atoms with van der Waals surface area (Å²) in [5.41, 5.74) is 1.69. The van der Waals surface area contributed by atoms with Crippen LogP contribution in [0.1, 0.15) is 10.5 Å². The minimum Gasteiger partial charge on any atom is -0.477 e. The van der Waals surface area contributed by atoms with Crippen LogP contribution in [-0.2, 0) is 7.05 Å². The standard InChI is InChI=1S/C13H10N4O4/c1-16-11-5-2-7(17(20)21)6-8(11)12(15-16)9-3-4-10(14-9)13(18)19/h2-6,14H,1H3,(H,18,19). The summed E-state index contributed by atoms with van der Waals surface area (Å²) < 4.78 is 1.59. The number of rotatable bonds is 3. The van der Waals surface area contributed by atoms with Crippen molar-refractivity contribution in [3.63, 3.8) is 0 Å². The predicted octanol–water partition coefficient (Wildman–Crippen LogP) is 2.17. The van der Waals surface area contributed by atoms with Gasteiger partial charge in [0.1, 0.15) is 11.4 Å². The van der Waals surface area contributed by atoms with Gasteiger partial charge in [0, 0.05) is 24.6 Å². The lowest BCUT2D eigenvalue weighted by Crippen LogP contribution is -1.96. The summed E-state index contributed by atoms with van der Waals surface area (Å²) >= 11 is 0. The smallest absolute Gasteiger partial charge is 0.352 e. The van der Waals surface area contributed by atoms with Gasteiger partial charge in [-0.3, -0.25) is 14.8 Å². The average molecular weight is 286 g/mol. The molecule has 21 heavy (non-hydrogen) atoms. The normalized spacial score (nSPS) is 10.9. The Hall–Kier alpha value is -3.16. The van der Waals surface area contributed by atoms with Gasteiger partial charge in [-0.2, -0.15) is 5.10 Å². The number of carbonyl (C=O) groups is 1. The van der Waals surface area contributed by atoms with Crippen molar-refractivity contribution in [2.45, 2.75) is 0 Å². The van der Waals surface area contributed by atoms with Crippen molar-refractivity contribution < 1.29 is 14.8 Å². The zero-order valence-electron chi connectivity index (χ0n) is 10.9. The van der Waals surface area contributed by atoms with Gasteiger partial charge in [0.05, 0.1) is 16.1 Å². The van der Waals surface area contributed by atoms with E-state index in [0.29, 0.717) is 16.8 Å². The number of nitrogens with zero attached hydrogens (tertiary/aromatic N) is 3. The number of hydrogen-bond donors (Lipinski definition) is 2. The maximum Gasteiger partial charge on any atom is 0.352 e. The number of aryl methyl sites for hydroxylation is 1. The van der Waals surface area contributed by atoms with E-state index in [4.69, 9.17) is 5.11 Å². The van der Waals surface area contributed by atoms with E-state index in [0.717, 1.165) is 5.52 Å². The third-order valence-corrected chi connectivity index (χ3v) is 3.22. The van der Waals surface area contributed by atoms with Crippen molar-refractivity contribution in [1.29, 1.82) is 0 Å². The highest BCUT2D eigenvalue weighted by molar-refractivity contribution is 5.95. The number of H-pyrrole nitrogens is 1. The quantitative estimate of drug-likeness (QED) is 0.565. The van der Waals surface area contributed by atoms with Gasteiger partial charge in [0.25, 0.3) is 5.69 Å². The molecule has 3 aromatic rings. The molecule has 0 saturated heterocycles. The highest BCUT2D eigenvalue weighted by atomic mass is 16.6. The van der Waals surface area contributed by atoms with E-state index >= 15 is 0 Å². The third kappa shape index (κ3) is 2.02. The van der Waals surface area contributed by atoms with Gasteiger partial charge in [-0.15, -0.1) is 0 Å². The number of hydrogen-bond acceptors (Lipinski definition) is 4. The minimum absolute atomic E-state index is 0.0363. The highest BCUT2D eigenvalue weighted by Crippen LogP contribution is 2.29. The van der Waals surface area contributed by atoms with Gasteiger partial charge >= 0.3 is 5.97 Å². The van der Waals surface area contributed by atoms with Gasteiger partial charge in [-0.05, 0) is 18.2 Å². The molecule has 0 unspecified atom stereocenters. The Morgan fingerprint density at radius 1 is 1.38 bits per heavy atom. The van der Waals surface area contributed by atoms with Crippen molar-refractivity contribution in [2.75, 3.05) is 0 Å². The zero-order chi connectivity index (χ0) is 15.1. The second-order valence-corrected chi connectivity index (χ2v) is 4.52. The number of nitro benzene ring substituents is 1. The van der Waals surface area contributed by atoms with Gasteiger partial charge in [-0.1, -0.05) is 0 Å². The number of carboxylic acid groups (broad SMARTS) is 1. The van der Waals surface area contributed by atoms with Crippen LogP contribution >= 0.6 is 0 Å². The summed E-state index contributed by atoms with van der Waals surface area (Å²) in [6.45, 7) is 0. The zero-order valence-corrected chi connectivity index (χ0v) is 10.9. The molecular weight excluding hydrogens is 276 g/mol. The lowest BCUT2D eigenvalue weighted by atomic mass is 10.1. The number of nitrogens with one attached hydrogen (secondary N) is 1. The third-order valence-electron chi connectivity index (χ3n) is 3.22. The molecule has 0 aliphatic heterocycles. The summed E-state index contributed by atoms with van der Waals surface area (Å²) in [6.07, 6.45) is 0. The number of non-ortho nitro benzene ring substituents is 1. The molecule has 0 saturated carbocycles. The Labute approximate surface area is 117 Å². The van der Waals surface area contributed by atoms with Crippen LogP contribution in [0.2, 0.25) is 0 Å². The first-order valence-corrected chi connectivity index (χ1v) is 6.01. The summed E-state index contributed by atoms with van der Waals surface area (Å²) in [6, 6.07) is 7.47. The van der Waals surface area contributed by atoms with Crippen molar-refractivity contribution >= 4 is 22.6 Å². The number of fused-ring (bicyclic) bond motifs is 1. The lowest BCUT2D eigenvalue weighted by Gasteiger charge is -1.95. The molecule has 0 atom stereocenters. The van der Waals surface area contributed by atoms with Crippen LogP contribution in [0.25, 0.3) is 22.3 Å². The molecule has 1 aromatic carbocycles.